The molecule has 1 aromatic rings. The Kier molecular flexibility index (Phi) is 4.48. The lowest BCUT2D eigenvalue weighted by molar-refractivity contribution is 0.243. The molecule has 0 aromatic heterocycles. The lowest BCUT2D eigenvalue weighted by Gasteiger charge is -2.34. The van der Waals surface area contributed by atoms with Crippen molar-refractivity contribution in [2.45, 2.75) is 27.7 Å². The molecule has 19 heavy (non-hydrogen) atoms. The van der Waals surface area contributed by atoms with E-state index >= 15 is 0 Å². The van der Waals surface area contributed by atoms with E-state index < -0.39 is 0 Å². The van der Waals surface area contributed by atoms with Crippen molar-refractivity contribution < 1.29 is 0 Å². The Morgan fingerprint density at radius 2 is 1.58 bits per heavy atom. The summed E-state index contributed by atoms with van der Waals surface area (Å²) in [6, 6.07) is 2.30. The lowest BCUT2D eigenvalue weighted by Crippen LogP contribution is -2.47. The van der Waals surface area contributed by atoms with Gasteiger partial charge in [-0.25, -0.2) is 0 Å². The molecular formula is C16H27N3. The summed E-state index contributed by atoms with van der Waals surface area (Å²) in [5.41, 5.74) is 7.04. The third-order valence-electron chi connectivity index (χ3n) is 4.33. The van der Waals surface area contributed by atoms with Gasteiger partial charge in [-0.1, -0.05) is 6.07 Å². The minimum Gasteiger partial charge on any atom is -0.361 e. The molecule has 1 heterocycles. The predicted molar refractivity (Wildman–Crippen MR) is 83.1 cm³/mol. The molecule has 1 aliphatic rings. The Balaban J connectivity index is 2.20. The zero-order valence-corrected chi connectivity index (χ0v) is 13.0. The van der Waals surface area contributed by atoms with E-state index in [-0.39, 0.29) is 0 Å². The van der Waals surface area contributed by atoms with E-state index in [0.717, 1.165) is 32.8 Å². The summed E-state index contributed by atoms with van der Waals surface area (Å²) in [5, 5.41) is 3.41. The van der Waals surface area contributed by atoms with Gasteiger partial charge < -0.3 is 10.2 Å². The number of benzene rings is 1. The minimum atomic E-state index is 1.02. The maximum atomic E-state index is 3.41. The Morgan fingerprint density at radius 1 is 1.05 bits per heavy atom. The highest BCUT2D eigenvalue weighted by Gasteiger charge is 2.16. The van der Waals surface area contributed by atoms with Crippen LogP contribution in [0.2, 0.25) is 0 Å². The number of hydrogen-bond donors (Lipinski definition) is 1. The van der Waals surface area contributed by atoms with Crippen LogP contribution in [-0.4, -0.2) is 44.8 Å². The molecule has 1 N–H and O–H groups in total. The van der Waals surface area contributed by atoms with Gasteiger partial charge in [0.1, 0.15) is 0 Å². The van der Waals surface area contributed by atoms with Crippen LogP contribution in [-0.2, 0) is 0 Å². The summed E-state index contributed by atoms with van der Waals surface area (Å²) in [4.78, 5) is 4.93. The molecule has 0 atom stereocenters. The van der Waals surface area contributed by atoms with Crippen LogP contribution >= 0.6 is 0 Å². The third-order valence-corrected chi connectivity index (χ3v) is 4.33. The van der Waals surface area contributed by atoms with Crippen molar-refractivity contribution in [1.82, 2.24) is 10.2 Å². The lowest BCUT2D eigenvalue weighted by atomic mass is 9.98. The Hall–Kier alpha value is -1.06. The van der Waals surface area contributed by atoms with Gasteiger partial charge in [0, 0.05) is 38.9 Å². The van der Waals surface area contributed by atoms with E-state index in [9.17, 15) is 0 Å². The molecule has 0 unspecified atom stereocenters. The number of nitrogens with one attached hydrogen (secondary N) is 1. The molecule has 1 saturated heterocycles. The molecule has 1 aromatic carbocycles. The normalized spacial score (nSPS) is 16.7. The minimum absolute atomic E-state index is 1.02. The van der Waals surface area contributed by atoms with Crippen LogP contribution < -0.4 is 10.2 Å². The number of nitrogens with zero attached hydrogens (tertiary/aromatic N) is 2. The van der Waals surface area contributed by atoms with Crippen LogP contribution in [0.4, 0.5) is 5.69 Å². The van der Waals surface area contributed by atoms with Gasteiger partial charge in [0.2, 0.25) is 0 Å². The molecule has 0 aliphatic carbocycles. The quantitative estimate of drug-likeness (QED) is 0.900. The highest BCUT2D eigenvalue weighted by molar-refractivity contribution is 5.63. The molecule has 0 amide bonds. The smallest absolute Gasteiger partial charge is 0.0704 e. The maximum Gasteiger partial charge on any atom is 0.0704 e. The molecule has 1 aliphatic heterocycles. The van der Waals surface area contributed by atoms with Crippen molar-refractivity contribution in [3.63, 3.8) is 0 Å². The second kappa shape index (κ2) is 5.93. The predicted octanol–water partition coefficient (Wildman–Crippen LogP) is 2.22. The number of piperazine rings is 1. The van der Waals surface area contributed by atoms with Gasteiger partial charge >= 0.3 is 0 Å². The molecule has 0 bridgehead atoms. The molecular weight excluding hydrogens is 234 g/mol. The first kappa shape index (κ1) is 14.4. The van der Waals surface area contributed by atoms with Gasteiger partial charge in [0.15, 0.2) is 0 Å². The van der Waals surface area contributed by atoms with E-state index in [1.165, 1.54) is 27.9 Å². The maximum absolute atomic E-state index is 3.41. The zero-order valence-electron chi connectivity index (χ0n) is 13.0. The molecule has 1 fully saturated rings. The van der Waals surface area contributed by atoms with Gasteiger partial charge in [-0.2, -0.15) is 0 Å². The van der Waals surface area contributed by atoms with Gasteiger partial charge in [0.05, 0.1) is 6.67 Å². The van der Waals surface area contributed by atoms with E-state index in [1.54, 1.807) is 0 Å². The van der Waals surface area contributed by atoms with Crippen molar-refractivity contribution in [2.75, 3.05) is 44.8 Å². The fourth-order valence-corrected chi connectivity index (χ4v) is 2.99. The summed E-state index contributed by atoms with van der Waals surface area (Å²) < 4.78 is 0. The molecule has 3 nitrogen and oxygen atoms in total. The first-order chi connectivity index (χ1) is 9.00. The second-order valence-corrected chi connectivity index (χ2v) is 5.82. The van der Waals surface area contributed by atoms with E-state index in [1.807, 2.05) is 0 Å². The van der Waals surface area contributed by atoms with E-state index in [4.69, 9.17) is 0 Å². The van der Waals surface area contributed by atoms with Crippen LogP contribution in [0.1, 0.15) is 22.3 Å². The number of hydrogen-bond acceptors (Lipinski definition) is 3. The van der Waals surface area contributed by atoms with Gasteiger partial charge in [0.25, 0.3) is 0 Å². The summed E-state index contributed by atoms with van der Waals surface area (Å²) >= 11 is 0. The third kappa shape index (κ3) is 3.10. The molecule has 106 valence electrons. The average Bonchev–Trinajstić information content (AvgIpc) is 2.38. The second-order valence-electron chi connectivity index (χ2n) is 5.82. The molecule has 0 saturated carbocycles. The van der Waals surface area contributed by atoms with E-state index in [2.05, 4.69) is 55.9 Å². The van der Waals surface area contributed by atoms with Crippen LogP contribution in [0.5, 0.6) is 0 Å². The Labute approximate surface area is 117 Å². The Bertz CT molecular complexity index is 422. The first-order valence-corrected chi connectivity index (χ1v) is 7.22. The summed E-state index contributed by atoms with van der Waals surface area (Å²) in [7, 11) is 2.22. The van der Waals surface area contributed by atoms with Crippen molar-refractivity contribution in [1.29, 1.82) is 0 Å². The van der Waals surface area contributed by atoms with Crippen LogP contribution in [0.25, 0.3) is 0 Å². The van der Waals surface area contributed by atoms with Crippen molar-refractivity contribution in [3.05, 3.63) is 28.3 Å². The molecule has 0 spiro atoms. The standard InChI is InChI=1S/C16H27N3/c1-12-10-13(2)15(4)16(14(12)3)18(5)11-19-8-6-17-7-9-19/h10,17H,6-9,11H2,1-5H3. The SMILES string of the molecule is Cc1cc(C)c(C)c(N(C)CN2CCNCC2)c1C. The van der Waals surface area contributed by atoms with Gasteiger partial charge in [-0.15, -0.1) is 0 Å². The number of aryl methyl sites for hydroxylation is 2. The number of anilines is 1. The van der Waals surface area contributed by atoms with Gasteiger partial charge in [-0.05, 0) is 49.9 Å². The summed E-state index contributed by atoms with van der Waals surface area (Å²) in [5.74, 6) is 0. The highest BCUT2D eigenvalue weighted by atomic mass is 15.3. The summed E-state index contributed by atoms with van der Waals surface area (Å²) in [6.45, 7) is 14.4. The first-order valence-electron chi connectivity index (χ1n) is 7.22. The number of rotatable bonds is 3. The zero-order chi connectivity index (χ0) is 14.0. The van der Waals surface area contributed by atoms with Crippen molar-refractivity contribution in [2.24, 2.45) is 0 Å². The fourth-order valence-electron chi connectivity index (χ4n) is 2.99. The fraction of sp³-hybridized carbons (Fsp3) is 0.625. The van der Waals surface area contributed by atoms with Crippen LogP contribution in [0.15, 0.2) is 6.07 Å². The molecule has 3 heteroatoms. The topological polar surface area (TPSA) is 18.5 Å². The highest BCUT2D eigenvalue weighted by Crippen LogP contribution is 2.29. The van der Waals surface area contributed by atoms with Gasteiger partial charge in [-0.3, -0.25) is 4.90 Å². The largest absolute Gasteiger partial charge is 0.361 e. The van der Waals surface area contributed by atoms with Crippen molar-refractivity contribution >= 4 is 5.69 Å². The van der Waals surface area contributed by atoms with Crippen molar-refractivity contribution in [3.8, 4) is 0 Å². The van der Waals surface area contributed by atoms with E-state index in [0.29, 0.717) is 0 Å². The molecule has 2 rings (SSSR count). The monoisotopic (exact) mass is 261 g/mol. The summed E-state index contributed by atoms with van der Waals surface area (Å²) in [6.07, 6.45) is 0. The average molecular weight is 261 g/mol. The van der Waals surface area contributed by atoms with Crippen LogP contribution in [0.3, 0.4) is 0 Å². The molecule has 0 radical (unpaired) electrons. The Morgan fingerprint density at radius 3 is 2.11 bits per heavy atom. The van der Waals surface area contributed by atoms with Crippen LogP contribution in [0, 0.1) is 27.7 Å².